The fourth-order valence-electron chi connectivity index (χ4n) is 3.54. The summed E-state index contributed by atoms with van der Waals surface area (Å²) in [6, 6.07) is 10.2. The molecule has 1 aromatic heterocycles. The first-order valence-electron chi connectivity index (χ1n) is 9.40. The number of hydrogen-bond donors (Lipinski definition) is 0. The molecule has 0 bridgehead atoms. The molecule has 0 unspecified atom stereocenters. The molecule has 2 aliphatic heterocycles. The van der Waals surface area contributed by atoms with Gasteiger partial charge in [0.15, 0.2) is 5.16 Å². The van der Waals surface area contributed by atoms with Crippen molar-refractivity contribution in [1.82, 2.24) is 9.97 Å². The van der Waals surface area contributed by atoms with Gasteiger partial charge >= 0.3 is 0 Å². The van der Waals surface area contributed by atoms with Crippen LogP contribution >= 0.6 is 11.8 Å². The van der Waals surface area contributed by atoms with Gasteiger partial charge in [-0.25, -0.2) is 9.97 Å². The number of carbonyl (C=O) groups is 1. The van der Waals surface area contributed by atoms with E-state index in [9.17, 15) is 4.79 Å². The number of ether oxygens (including phenoxy) is 1. The van der Waals surface area contributed by atoms with Crippen molar-refractivity contribution >= 4 is 29.2 Å². The highest BCUT2D eigenvalue weighted by Gasteiger charge is 2.22. The van der Waals surface area contributed by atoms with Crippen molar-refractivity contribution < 1.29 is 9.53 Å². The molecule has 0 aliphatic carbocycles. The summed E-state index contributed by atoms with van der Waals surface area (Å²) < 4.78 is 5.42. The number of fused-ring (bicyclic) bond motifs is 1. The van der Waals surface area contributed by atoms with Crippen LogP contribution in [0, 0.1) is 6.92 Å². The SMILES string of the molecule is Cc1cc(N2CCOCC2)nc(SCC(=O)N2CCCc3ccccc32)n1. The van der Waals surface area contributed by atoms with Crippen LogP contribution in [-0.4, -0.2) is 54.5 Å². The molecule has 1 aromatic carbocycles. The predicted molar refractivity (Wildman–Crippen MR) is 108 cm³/mol. The fraction of sp³-hybridized carbons (Fsp3) is 0.450. The van der Waals surface area contributed by atoms with Gasteiger partial charge in [0.2, 0.25) is 5.91 Å². The molecule has 27 heavy (non-hydrogen) atoms. The van der Waals surface area contributed by atoms with Crippen molar-refractivity contribution in [3.63, 3.8) is 0 Å². The molecule has 0 atom stereocenters. The summed E-state index contributed by atoms with van der Waals surface area (Å²) in [5.41, 5.74) is 3.22. The minimum Gasteiger partial charge on any atom is -0.378 e. The van der Waals surface area contributed by atoms with Gasteiger partial charge < -0.3 is 14.5 Å². The van der Waals surface area contributed by atoms with E-state index in [1.165, 1.54) is 17.3 Å². The van der Waals surface area contributed by atoms with Crippen molar-refractivity contribution in [3.05, 3.63) is 41.6 Å². The minimum atomic E-state index is 0.116. The second-order valence-electron chi connectivity index (χ2n) is 6.82. The first kappa shape index (κ1) is 18.3. The maximum absolute atomic E-state index is 12.8. The van der Waals surface area contributed by atoms with Crippen molar-refractivity contribution in [1.29, 1.82) is 0 Å². The lowest BCUT2D eigenvalue weighted by Crippen LogP contribution is -2.37. The van der Waals surface area contributed by atoms with Crippen LogP contribution in [0.4, 0.5) is 11.5 Å². The molecule has 1 amide bonds. The van der Waals surface area contributed by atoms with E-state index in [-0.39, 0.29) is 5.91 Å². The second kappa shape index (κ2) is 8.27. The van der Waals surface area contributed by atoms with Crippen LogP contribution in [0.3, 0.4) is 0 Å². The zero-order valence-electron chi connectivity index (χ0n) is 15.6. The first-order valence-corrected chi connectivity index (χ1v) is 10.4. The van der Waals surface area contributed by atoms with Crippen LogP contribution in [0.5, 0.6) is 0 Å². The molecular weight excluding hydrogens is 360 g/mol. The minimum absolute atomic E-state index is 0.116. The summed E-state index contributed by atoms with van der Waals surface area (Å²) in [6.07, 6.45) is 2.05. The van der Waals surface area contributed by atoms with Crippen molar-refractivity contribution in [2.75, 3.05) is 48.4 Å². The third kappa shape index (κ3) is 4.25. The molecule has 0 spiro atoms. The topological polar surface area (TPSA) is 58.6 Å². The summed E-state index contributed by atoms with van der Waals surface area (Å²) in [7, 11) is 0. The molecule has 4 rings (SSSR count). The lowest BCUT2D eigenvalue weighted by atomic mass is 10.0. The van der Waals surface area contributed by atoms with Crippen LogP contribution in [0.2, 0.25) is 0 Å². The molecule has 0 saturated carbocycles. The number of para-hydroxylation sites is 1. The van der Waals surface area contributed by atoms with Gasteiger partial charge in [-0.3, -0.25) is 4.79 Å². The van der Waals surface area contributed by atoms with E-state index in [4.69, 9.17) is 4.74 Å². The Bertz CT molecular complexity index is 823. The summed E-state index contributed by atoms with van der Waals surface area (Å²) in [5, 5.41) is 0.662. The van der Waals surface area contributed by atoms with Crippen LogP contribution in [0.25, 0.3) is 0 Å². The summed E-state index contributed by atoms with van der Waals surface area (Å²) >= 11 is 1.42. The molecule has 0 radical (unpaired) electrons. The Morgan fingerprint density at radius 3 is 2.85 bits per heavy atom. The number of hydrogen-bond acceptors (Lipinski definition) is 6. The Balaban J connectivity index is 1.44. The highest BCUT2D eigenvalue weighted by molar-refractivity contribution is 7.99. The summed E-state index contributed by atoms with van der Waals surface area (Å²) in [6.45, 7) is 5.87. The third-order valence-corrected chi connectivity index (χ3v) is 5.72. The number of aryl methyl sites for hydroxylation is 2. The van der Waals surface area contributed by atoms with Gasteiger partial charge in [0.05, 0.1) is 19.0 Å². The van der Waals surface area contributed by atoms with E-state index in [0.29, 0.717) is 10.9 Å². The number of morpholine rings is 1. The van der Waals surface area contributed by atoms with Gasteiger partial charge in [0.25, 0.3) is 0 Å². The van der Waals surface area contributed by atoms with Crippen LogP contribution < -0.4 is 9.80 Å². The van der Waals surface area contributed by atoms with E-state index in [0.717, 1.165) is 62.9 Å². The van der Waals surface area contributed by atoms with Gasteiger partial charge in [-0.05, 0) is 31.4 Å². The molecule has 6 nitrogen and oxygen atoms in total. The molecule has 3 heterocycles. The van der Waals surface area contributed by atoms with Gasteiger partial charge in [-0.15, -0.1) is 0 Å². The number of nitrogens with zero attached hydrogens (tertiary/aromatic N) is 4. The fourth-order valence-corrected chi connectivity index (χ4v) is 4.32. The average Bonchev–Trinajstić information content (AvgIpc) is 2.72. The zero-order valence-corrected chi connectivity index (χ0v) is 16.4. The number of aromatic nitrogens is 2. The van der Waals surface area contributed by atoms with Crippen LogP contribution in [-0.2, 0) is 16.0 Å². The van der Waals surface area contributed by atoms with E-state index >= 15 is 0 Å². The molecule has 2 aliphatic rings. The van der Waals surface area contributed by atoms with Crippen LogP contribution in [0.1, 0.15) is 17.7 Å². The Labute approximate surface area is 163 Å². The third-order valence-electron chi connectivity index (χ3n) is 4.89. The maximum Gasteiger partial charge on any atom is 0.237 e. The number of rotatable bonds is 4. The molecule has 7 heteroatoms. The van der Waals surface area contributed by atoms with Gasteiger partial charge in [0.1, 0.15) is 5.82 Å². The van der Waals surface area contributed by atoms with E-state index in [1.54, 1.807) is 0 Å². The molecule has 0 N–H and O–H groups in total. The van der Waals surface area contributed by atoms with Gasteiger partial charge in [-0.2, -0.15) is 0 Å². The number of benzene rings is 1. The number of anilines is 2. The maximum atomic E-state index is 12.8. The Morgan fingerprint density at radius 1 is 1.19 bits per heavy atom. The normalized spacial score (nSPS) is 16.9. The highest BCUT2D eigenvalue weighted by Crippen LogP contribution is 2.28. The number of carbonyl (C=O) groups excluding carboxylic acids is 1. The standard InChI is InChI=1S/C20H24N4O2S/c1-15-13-18(23-9-11-26-12-10-23)22-20(21-15)27-14-19(25)24-8-4-6-16-5-2-3-7-17(16)24/h2-3,5,7,13H,4,6,8-12,14H2,1H3. The van der Waals surface area contributed by atoms with Crippen molar-refractivity contribution in [2.45, 2.75) is 24.9 Å². The Kier molecular flexibility index (Phi) is 5.59. The van der Waals surface area contributed by atoms with Gasteiger partial charge in [-0.1, -0.05) is 30.0 Å². The quantitative estimate of drug-likeness (QED) is 0.597. The van der Waals surface area contributed by atoms with Crippen molar-refractivity contribution in [3.8, 4) is 0 Å². The van der Waals surface area contributed by atoms with Crippen molar-refractivity contribution in [2.24, 2.45) is 0 Å². The van der Waals surface area contributed by atoms with E-state index < -0.39 is 0 Å². The lowest BCUT2D eigenvalue weighted by molar-refractivity contribution is -0.116. The lowest BCUT2D eigenvalue weighted by Gasteiger charge is -2.29. The predicted octanol–water partition coefficient (Wildman–Crippen LogP) is 2.69. The van der Waals surface area contributed by atoms with E-state index in [1.807, 2.05) is 36.1 Å². The smallest absolute Gasteiger partial charge is 0.237 e. The second-order valence-corrected chi connectivity index (χ2v) is 7.76. The average molecular weight is 385 g/mol. The zero-order chi connectivity index (χ0) is 18.6. The van der Waals surface area contributed by atoms with E-state index in [2.05, 4.69) is 20.9 Å². The van der Waals surface area contributed by atoms with Crippen LogP contribution in [0.15, 0.2) is 35.5 Å². The molecule has 142 valence electrons. The number of thioether (sulfide) groups is 1. The highest BCUT2D eigenvalue weighted by atomic mass is 32.2. The first-order chi connectivity index (χ1) is 13.2. The number of amides is 1. The largest absolute Gasteiger partial charge is 0.378 e. The molecule has 2 aromatic rings. The summed E-state index contributed by atoms with van der Waals surface area (Å²) in [5.74, 6) is 1.38. The Hall–Kier alpha value is -2.12. The molecule has 1 saturated heterocycles. The monoisotopic (exact) mass is 384 g/mol. The Morgan fingerprint density at radius 2 is 2.00 bits per heavy atom. The van der Waals surface area contributed by atoms with Gasteiger partial charge in [0, 0.05) is 37.1 Å². The molecular formula is C20H24N4O2S. The molecule has 1 fully saturated rings. The summed E-state index contributed by atoms with van der Waals surface area (Å²) in [4.78, 5) is 26.1.